The SMILES string of the molecule is CCN1C(=O)CC[C@](C)(N2Cc3c(csc3N)C2=O)C1=O. The van der Waals surface area contributed by atoms with Crippen molar-refractivity contribution in [1.29, 1.82) is 0 Å². The van der Waals surface area contributed by atoms with E-state index in [-0.39, 0.29) is 24.1 Å². The molecule has 21 heavy (non-hydrogen) atoms. The molecule has 112 valence electrons. The lowest BCUT2D eigenvalue weighted by atomic mass is 9.87. The van der Waals surface area contributed by atoms with Crippen molar-refractivity contribution in [1.82, 2.24) is 9.80 Å². The third kappa shape index (κ3) is 1.80. The number of amides is 3. The Kier molecular flexibility index (Phi) is 3.05. The van der Waals surface area contributed by atoms with Gasteiger partial charge in [0.15, 0.2) is 0 Å². The van der Waals surface area contributed by atoms with Gasteiger partial charge in [-0.25, -0.2) is 0 Å². The minimum Gasteiger partial charge on any atom is -0.390 e. The highest BCUT2D eigenvalue weighted by Gasteiger charge is 2.51. The predicted octanol–water partition coefficient (Wildman–Crippen LogP) is 1.21. The Bertz CT molecular complexity index is 654. The highest BCUT2D eigenvalue weighted by atomic mass is 32.1. The van der Waals surface area contributed by atoms with E-state index in [4.69, 9.17) is 5.73 Å². The number of nitrogens with zero attached hydrogens (tertiary/aromatic N) is 2. The molecule has 2 aliphatic rings. The summed E-state index contributed by atoms with van der Waals surface area (Å²) in [5, 5.41) is 2.36. The molecule has 2 aliphatic heterocycles. The van der Waals surface area contributed by atoms with Crippen molar-refractivity contribution in [3.63, 3.8) is 0 Å². The molecule has 1 aromatic heterocycles. The molecule has 0 aliphatic carbocycles. The number of likely N-dealkylation sites (N-methyl/N-ethyl adjacent to an activating group) is 1. The van der Waals surface area contributed by atoms with Crippen molar-refractivity contribution in [2.45, 2.75) is 38.8 Å². The summed E-state index contributed by atoms with van der Waals surface area (Å²) in [7, 11) is 0. The molecular weight excluding hydrogens is 290 g/mol. The van der Waals surface area contributed by atoms with Gasteiger partial charge >= 0.3 is 0 Å². The van der Waals surface area contributed by atoms with Crippen molar-refractivity contribution >= 4 is 34.1 Å². The Morgan fingerprint density at radius 2 is 2.10 bits per heavy atom. The van der Waals surface area contributed by atoms with Crippen LogP contribution in [0.1, 0.15) is 42.6 Å². The van der Waals surface area contributed by atoms with Crippen molar-refractivity contribution in [2.75, 3.05) is 12.3 Å². The van der Waals surface area contributed by atoms with Crippen LogP contribution in [-0.4, -0.2) is 39.6 Å². The Morgan fingerprint density at radius 1 is 1.38 bits per heavy atom. The molecule has 3 heterocycles. The number of fused-ring (bicyclic) bond motifs is 1. The highest BCUT2D eigenvalue weighted by Crippen LogP contribution is 2.40. The molecule has 0 spiro atoms. The first-order chi connectivity index (χ1) is 9.90. The van der Waals surface area contributed by atoms with Gasteiger partial charge < -0.3 is 10.6 Å². The summed E-state index contributed by atoms with van der Waals surface area (Å²) in [6, 6.07) is 0. The monoisotopic (exact) mass is 307 g/mol. The third-order valence-electron chi connectivity index (χ3n) is 4.46. The number of carbonyl (C=O) groups is 3. The number of nitrogens with two attached hydrogens (primary N) is 1. The maximum absolute atomic E-state index is 12.7. The minimum absolute atomic E-state index is 0.166. The number of hydrogen-bond donors (Lipinski definition) is 1. The van der Waals surface area contributed by atoms with Crippen molar-refractivity contribution in [3.05, 3.63) is 16.5 Å². The number of anilines is 1. The molecule has 0 saturated carbocycles. The molecule has 1 fully saturated rings. The average molecular weight is 307 g/mol. The molecule has 0 aromatic carbocycles. The van der Waals surface area contributed by atoms with E-state index in [1.165, 1.54) is 16.2 Å². The molecule has 3 rings (SSSR count). The smallest absolute Gasteiger partial charge is 0.256 e. The first-order valence-electron chi connectivity index (χ1n) is 6.92. The zero-order valence-corrected chi connectivity index (χ0v) is 12.8. The lowest BCUT2D eigenvalue weighted by molar-refractivity contribution is -0.157. The molecule has 1 saturated heterocycles. The number of carbonyl (C=O) groups excluding carboxylic acids is 3. The maximum Gasteiger partial charge on any atom is 0.256 e. The van der Waals surface area contributed by atoms with E-state index in [1.54, 1.807) is 24.1 Å². The topological polar surface area (TPSA) is 83.7 Å². The molecule has 1 aromatic rings. The molecule has 0 radical (unpaired) electrons. The Morgan fingerprint density at radius 3 is 2.71 bits per heavy atom. The van der Waals surface area contributed by atoms with Gasteiger partial charge in [-0.05, 0) is 20.3 Å². The molecule has 0 bridgehead atoms. The van der Waals surface area contributed by atoms with Crippen LogP contribution in [-0.2, 0) is 16.1 Å². The fraction of sp³-hybridized carbons (Fsp3) is 0.500. The maximum atomic E-state index is 12.7. The minimum atomic E-state index is -0.968. The average Bonchev–Trinajstić information content (AvgIpc) is 2.97. The van der Waals surface area contributed by atoms with E-state index < -0.39 is 5.54 Å². The van der Waals surface area contributed by atoms with Crippen molar-refractivity contribution in [3.8, 4) is 0 Å². The van der Waals surface area contributed by atoms with Crippen LogP contribution in [0, 0.1) is 0 Å². The van der Waals surface area contributed by atoms with E-state index in [0.717, 1.165) is 5.56 Å². The van der Waals surface area contributed by atoms with Gasteiger partial charge in [-0.1, -0.05) is 0 Å². The molecule has 7 heteroatoms. The Hall–Kier alpha value is -1.89. The van der Waals surface area contributed by atoms with Crippen LogP contribution in [0.25, 0.3) is 0 Å². The van der Waals surface area contributed by atoms with E-state index in [9.17, 15) is 14.4 Å². The molecule has 2 N–H and O–H groups in total. The molecule has 6 nitrogen and oxygen atoms in total. The molecular formula is C14H17N3O3S. The predicted molar refractivity (Wildman–Crippen MR) is 78.6 cm³/mol. The summed E-state index contributed by atoms with van der Waals surface area (Å²) in [5.74, 6) is -0.624. The normalized spacial score (nSPS) is 25.7. The van der Waals surface area contributed by atoms with Crippen molar-refractivity contribution < 1.29 is 14.4 Å². The van der Waals surface area contributed by atoms with E-state index >= 15 is 0 Å². The highest BCUT2D eigenvalue weighted by molar-refractivity contribution is 7.14. The number of hydrogen-bond acceptors (Lipinski definition) is 5. The number of thiophene rings is 1. The summed E-state index contributed by atoms with van der Waals surface area (Å²) >= 11 is 1.35. The molecule has 3 amide bonds. The van der Waals surface area contributed by atoms with Gasteiger partial charge in [-0.2, -0.15) is 0 Å². The zero-order valence-electron chi connectivity index (χ0n) is 12.0. The van der Waals surface area contributed by atoms with Crippen LogP contribution in [0.4, 0.5) is 5.00 Å². The van der Waals surface area contributed by atoms with Gasteiger partial charge in [0.2, 0.25) is 5.91 Å². The largest absolute Gasteiger partial charge is 0.390 e. The van der Waals surface area contributed by atoms with Gasteiger partial charge in [0, 0.05) is 23.9 Å². The third-order valence-corrected chi connectivity index (χ3v) is 5.32. The number of rotatable bonds is 2. The zero-order chi connectivity index (χ0) is 15.4. The van der Waals surface area contributed by atoms with Gasteiger partial charge in [-0.15, -0.1) is 11.3 Å². The fourth-order valence-corrected chi connectivity index (χ4v) is 3.89. The standard InChI is InChI=1S/C14H17N3O3S/c1-3-16-10(18)4-5-14(2,13(16)20)17-6-8-9(12(17)19)7-21-11(8)15/h7H,3-6,15H2,1-2H3/t14-/m0/s1. The van der Waals surface area contributed by atoms with Gasteiger partial charge in [0.25, 0.3) is 11.8 Å². The Balaban J connectivity index is 1.95. The fourth-order valence-electron chi connectivity index (χ4n) is 3.08. The number of piperidine rings is 1. The van der Waals surface area contributed by atoms with Crippen LogP contribution < -0.4 is 5.73 Å². The van der Waals surface area contributed by atoms with Crippen molar-refractivity contribution in [2.24, 2.45) is 0 Å². The first-order valence-corrected chi connectivity index (χ1v) is 7.80. The number of imide groups is 1. The number of likely N-dealkylation sites (tertiary alicyclic amines) is 1. The van der Waals surface area contributed by atoms with Crippen LogP contribution >= 0.6 is 11.3 Å². The summed E-state index contributed by atoms with van der Waals surface area (Å²) in [6.07, 6.45) is 0.642. The summed E-state index contributed by atoms with van der Waals surface area (Å²) in [5.41, 5.74) is 6.32. The van der Waals surface area contributed by atoms with E-state index in [2.05, 4.69) is 0 Å². The van der Waals surface area contributed by atoms with Gasteiger partial charge in [0.05, 0.1) is 17.1 Å². The molecule has 1 atom stereocenters. The van der Waals surface area contributed by atoms with E-state index in [1.807, 2.05) is 0 Å². The first kappa shape index (κ1) is 14.1. The second-order valence-corrected chi connectivity index (χ2v) is 6.51. The summed E-state index contributed by atoms with van der Waals surface area (Å²) < 4.78 is 0. The quantitative estimate of drug-likeness (QED) is 0.833. The van der Waals surface area contributed by atoms with Crippen LogP contribution in [0.15, 0.2) is 5.38 Å². The summed E-state index contributed by atoms with van der Waals surface area (Å²) in [4.78, 5) is 39.9. The number of nitrogen functional groups attached to an aromatic ring is 1. The van der Waals surface area contributed by atoms with Gasteiger partial charge in [0.1, 0.15) is 5.54 Å². The molecule has 0 unspecified atom stereocenters. The van der Waals surface area contributed by atoms with Crippen LogP contribution in [0.2, 0.25) is 0 Å². The van der Waals surface area contributed by atoms with Crippen LogP contribution in [0.5, 0.6) is 0 Å². The Labute approximate surface area is 126 Å². The van der Waals surface area contributed by atoms with E-state index in [0.29, 0.717) is 30.1 Å². The second kappa shape index (κ2) is 4.56. The van der Waals surface area contributed by atoms with Gasteiger partial charge in [-0.3, -0.25) is 19.3 Å². The van der Waals surface area contributed by atoms with Crippen LogP contribution in [0.3, 0.4) is 0 Å². The summed E-state index contributed by atoms with van der Waals surface area (Å²) in [6.45, 7) is 4.19. The lowest BCUT2D eigenvalue weighted by Crippen LogP contribution is -2.62. The lowest BCUT2D eigenvalue weighted by Gasteiger charge is -2.43. The second-order valence-electron chi connectivity index (χ2n) is 5.60.